The molecule has 168 valence electrons. The van der Waals surface area contributed by atoms with E-state index in [0.29, 0.717) is 24.8 Å². The van der Waals surface area contributed by atoms with Crippen LogP contribution >= 0.6 is 0 Å². The lowest BCUT2D eigenvalue weighted by Gasteiger charge is -2.37. The molecule has 1 atom stereocenters. The summed E-state index contributed by atoms with van der Waals surface area (Å²) in [5.41, 5.74) is -1.09. The number of amides is 2. The van der Waals surface area contributed by atoms with Gasteiger partial charge in [0, 0.05) is 32.2 Å². The zero-order valence-electron chi connectivity index (χ0n) is 16.8. The maximum atomic E-state index is 12.9. The Kier molecular flexibility index (Phi) is 5.59. The summed E-state index contributed by atoms with van der Waals surface area (Å²) >= 11 is 0. The Labute approximate surface area is 181 Å². The summed E-state index contributed by atoms with van der Waals surface area (Å²) in [6, 6.07) is 10.5. The zero-order valence-corrected chi connectivity index (χ0v) is 16.8. The number of piperazine rings is 1. The molecule has 0 aliphatic carbocycles. The highest BCUT2D eigenvalue weighted by atomic mass is 19.4. The van der Waals surface area contributed by atoms with E-state index in [9.17, 15) is 32.9 Å². The van der Waals surface area contributed by atoms with Crippen LogP contribution in [0, 0.1) is 10.1 Å². The average Bonchev–Trinajstić information content (AvgIpc) is 3.07. The van der Waals surface area contributed by atoms with Crippen LogP contribution in [0.1, 0.15) is 12.0 Å². The summed E-state index contributed by atoms with van der Waals surface area (Å²) in [5.74, 6) is -0.623. The first-order valence-electron chi connectivity index (χ1n) is 9.93. The van der Waals surface area contributed by atoms with Crippen molar-refractivity contribution in [1.82, 2.24) is 4.90 Å². The zero-order chi connectivity index (χ0) is 23.0. The van der Waals surface area contributed by atoms with E-state index in [0.717, 1.165) is 17.0 Å². The van der Waals surface area contributed by atoms with E-state index in [1.807, 2.05) is 4.90 Å². The van der Waals surface area contributed by atoms with Gasteiger partial charge >= 0.3 is 6.18 Å². The Hall–Kier alpha value is -3.47. The van der Waals surface area contributed by atoms with Crippen molar-refractivity contribution >= 4 is 28.9 Å². The second kappa shape index (κ2) is 8.23. The van der Waals surface area contributed by atoms with Crippen LogP contribution in [0.5, 0.6) is 0 Å². The smallest absolute Gasteiger partial charge is 0.363 e. The molecule has 2 amide bonds. The number of hydrogen-bond donors (Lipinski definition) is 0. The van der Waals surface area contributed by atoms with Gasteiger partial charge in [0.25, 0.3) is 11.6 Å². The number of nitrogens with zero attached hydrogens (tertiary/aromatic N) is 4. The minimum atomic E-state index is -4.68. The van der Waals surface area contributed by atoms with Gasteiger partial charge in [-0.25, -0.2) is 4.90 Å². The molecule has 11 heteroatoms. The molecular weight excluding hydrogens is 429 g/mol. The van der Waals surface area contributed by atoms with Gasteiger partial charge in [-0.3, -0.25) is 24.6 Å². The monoisotopic (exact) mass is 448 g/mol. The minimum Gasteiger partial charge on any atom is -0.363 e. The van der Waals surface area contributed by atoms with Crippen molar-refractivity contribution in [2.24, 2.45) is 0 Å². The molecular formula is C21H19F3N4O4. The molecule has 2 fully saturated rings. The highest BCUT2D eigenvalue weighted by molar-refractivity contribution is 6.22. The Morgan fingerprint density at radius 1 is 0.969 bits per heavy atom. The fourth-order valence-electron chi connectivity index (χ4n) is 4.14. The maximum Gasteiger partial charge on any atom is 0.416 e. The highest BCUT2D eigenvalue weighted by Gasteiger charge is 2.43. The number of nitro groups is 1. The summed E-state index contributed by atoms with van der Waals surface area (Å²) in [7, 11) is 0. The van der Waals surface area contributed by atoms with Gasteiger partial charge in [-0.05, 0) is 24.3 Å². The number of carbonyl (C=O) groups is 2. The lowest BCUT2D eigenvalue weighted by molar-refractivity contribution is -0.384. The van der Waals surface area contributed by atoms with Crippen molar-refractivity contribution in [3.8, 4) is 0 Å². The summed E-state index contributed by atoms with van der Waals surface area (Å²) in [4.78, 5) is 40.5. The van der Waals surface area contributed by atoms with Crippen molar-refractivity contribution < 1.29 is 27.7 Å². The molecule has 0 aromatic heterocycles. The van der Waals surface area contributed by atoms with Crippen molar-refractivity contribution in [3.05, 3.63) is 64.2 Å². The number of para-hydroxylation sites is 1. The Morgan fingerprint density at radius 3 is 2.22 bits per heavy atom. The third-order valence-corrected chi connectivity index (χ3v) is 5.73. The number of nitro benzene ring substituents is 1. The molecule has 32 heavy (non-hydrogen) atoms. The van der Waals surface area contributed by atoms with E-state index in [4.69, 9.17) is 0 Å². The predicted molar refractivity (Wildman–Crippen MR) is 109 cm³/mol. The van der Waals surface area contributed by atoms with Crippen LogP contribution in [-0.4, -0.2) is 53.9 Å². The molecule has 0 spiro atoms. The molecule has 2 aromatic rings. The summed E-state index contributed by atoms with van der Waals surface area (Å²) in [6.45, 7) is 1.22. The second-order valence-electron chi connectivity index (χ2n) is 7.60. The van der Waals surface area contributed by atoms with E-state index in [-0.39, 0.29) is 37.0 Å². The van der Waals surface area contributed by atoms with Gasteiger partial charge in [-0.15, -0.1) is 0 Å². The van der Waals surface area contributed by atoms with Gasteiger partial charge in [0.2, 0.25) is 5.91 Å². The Morgan fingerprint density at radius 2 is 1.62 bits per heavy atom. The van der Waals surface area contributed by atoms with E-state index < -0.39 is 28.4 Å². The summed E-state index contributed by atoms with van der Waals surface area (Å²) in [5, 5.41) is 11.4. The van der Waals surface area contributed by atoms with E-state index in [1.54, 1.807) is 35.2 Å². The molecule has 0 N–H and O–H groups in total. The van der Waals surface area contributed by atoms with E-state index in [2.05, 4.69) is 0 Å². The third kappa shape index (κ3) is 4.03. The Bertz CT molecular complexity index is 1050. The lowest BCUT2D eigenvalue weighted by Crippen LogP contribution is -2.52. The van der Waals surface area contributed by atoms with Crippen LogP contribution in [0.2, 0.25) is 0 Å². The molecule has 2 heterocycles. The highest BCUT2D eigenvalue weighted by Crippen LogP contribution is 2.37. The number of benzene rings is 2. The first-order chi connectivity index (χ1) is 15.2. The standard InChI is InChI=1S/C21H19F3N4O4/c22-21(23,24)14-6-7-16(17(12-14)28(31)32)25-8-10-26(11-9-25)18-13-19(29)27(20(18)30)15-4-2-1-3-5-15/h1-7,12,18H,8-11,13H2/t18-/m0/s1. The quantitative estimate of drug-likeness (QED) is 0.406. The SMILES string of the molecule is O=C1C[C@H](N2CCN(c3ccc(C(F)(F)F)cc3[N+](=O)[O-])CC2)C(=O)N1c1ccccc1. The van der Waals surface area contributed by atoms with Gasteiger partial charge < -0.3 is 4.90 Å². The molecule has 2 saturated heterocycles. The normalized spacial score (nSPS) is 20.2. The van der Waals surface area contributed by atoms with Gasteiger partial charge in [0.15, 0.2) is 0 Å². The predicted octanol–water partition coefficient (Wildman–Crippen LogP) is 3.07. The molecule has 0 unspecified atom stereocenters. The fraction of sp³-hybridized carbons (Fsp3) is 0.333. The second-order valence-corrected chi connectivity index (χ2v) is 7.60. The molecule has 0 saturated carbocycles. The Balaban J connectivity index is 1.48. The van der Waals surface area contributed by atoms with E-state index >= 15 is 0 Å². The van der Waals surface area contributed by atoms with Crippen LogP contribution in [0.15, 0.2) is 48.5 Å². The van der Waals surface area contributed by atoms with Crippen molar-refractivity contribution in [3.63, 3.8) is 0 Å². The maximum absolute atomic E-state index is 12.9. The molecule has 0 bridgehead atoms. The first-order valence-corrected chi connectivity index (χ1v) is 9.93. The van der Waals surface area contributed by atoms with E-state index in [1.165, 1.54) is 0 Å². The van der Waals surface area contributed by atoms with Crippen molar-refractivity contribution in [2.45, 2.75) is 18.6 Å². The van der Waals surface area contributed by atoms with Crippen molar-refractivity contribution in [2.75, 3.05) is 36.0 Å². The van der Waals surface area contributed by atoms with Crippen LogP contribution in [0.25, 0.3) is 0 Å². The summed E-state index contributed by atoms with van der Waals surface area (Å²) in [6.07, 6.45) is -4.64. The topological polar surface area (TPSA) is 87.0 Å². The number of rotatable bonds is 4. The number of anilines is 2. The largest absolute Gasteiger partial charge is 0.416 e. The number of alkyl halides is 3. The van der Waals surface area contributed by atoms with Gasteiger partial charge in [0.05, 0.1) is 28.6 Å². The van der Waals surface area contributed by atoms with Crippen LogP contribution in [0.4, 0.5) is 30.2 Å². The van der Waals surface area contributed by atoms with Crippen LogP contribution in [-0.2, 0) is 15.8 Å². The number of carbonyl (C=O) groups excluding carboxylic acids is 2. The summed E-state index contributed by atoms with van der Waals surface area (Å²) < 4.78 is 38.8. The van der Waals surface area contributed by atoms with Crippen LogP contribution < -0.4 is 9.80 Å². The fourth-order valence-corrected chi connectivity index (χ4v) is 4.14. The lowest BCUT2D eigenvalue weighted by atomic mass is 10.1. The molecule has 2 aromatic carbocycles. The third-order valence-electron chi connectivity index (χ3n) is 5.73. The molecule has 0 radical (unpaired) electrons. The minimum absolute atomic E-state index is 0.0359. The van der Waals surface area contributed by atoms with Crippen molar-refractivity contribution in [1.29, 1.82) is 0 Å². The van der Waals surface area contributed by atoms with Gasteiger partial charge in [-0.1, -0.05) is 18.2 Å². The molecule has 8 nitrogen and oxygen atoms in total. The molecule has 2 aliphatic rings. The molecule has 2 aliphatic heterocycles. The number of halogens is 3. The average molecular weight is 448 g/mol. The number of hydrogen-bond acceptors (Lipinski definition) is 6. The first kappa shape index (κ1) is 21.8. The number of imide groups is 1. The van der Waals surface area contributed by atoms with Gasteiger partial charge in [0.1, 0.15) is 5.69 Å². The van der Waals surface area contributed by atoms with Crippen LogP contribution in [0.3, 0.4) is 0 Å². The van der Waals surface area contributed by atoms with Gasteiger partial charge in [-0.2, -0.15) is 13.2 Å². The molecule has 4 rings (SSSR count).